The van der Waals surface area contributed by atoms with Crippen LogP contribution in [0.3, 0.4) is 0 Å². The van der Waals surface area contributed by atoms with Crippen molar-refractivity contribution in [2.75, 3.05) is 6.54 Å². The molecule has 0 saturated heterocycles. The SMILES string of the molecule is C[C-]=C(C)CNC(=O)CC1C=CN=C1[N+](=O)[O-].[Y]. The minimum absolute atomic E-state index is 0. The fourth-order valence-corrected chi connectivity index (χ4v) is 1.34. The minimum Gasteiger partial charge on any atom is -0.499 e. The van der Waals surface area contributed by atoms with Gasteiger partial charge in [0.1, 0.15) is 6.20 Å². The monoisotopic (exact) mass is 325 g/mol. The maximum absolute atomic E-state index is 11.5. The Labute approximate surface area is 131 Å². The first kappa shape index (κ1) is 17.1. The predicted octanol–water partition coefficient (Wildman–Crippen LogP) is 1.08. The molecule has 0 bridgehead atoms. The topological polar surface area (TPSA) is 84.6 Å². The van der Waals surface area contributed by atoms with E-state index in [4.69, 9.17) is 0 Å². The second-order valence-electron chi connectivity index (χ2n) is 3.70. The number of nitrogens with one attached hydrogen (secondary N) is 1. The fourth-order valence-electron chi connectivity index (χ4n) is 1.34. The molecule has 7 heteroatoms. The van der Waals surface area contributed by atoms with Crippen LogP contribution in [0.2, 0.25) is 0 Å². The van der Waals surface area contributed by atoms with Gasteiger partial charge in [0.15, 0.2) is 0 Å². The van der Waals surface area contributed by atoms with E-state index in [1.165, 1.54) is 6.20 Å². The van der Waals surface area contributed by atoms with Crippen LogP contribution in [0, 0.1) is 22.1 Å². The van der Waals surface area contributed by atoms with Gasteiger partial charge in [0, 0.05) is 45.7 Å². The number of carbonyl (C=O) groups excluding carboxylic acids is 1. The van der Waals surface area contributed by atoms with Crippen molar-refractivity contribution in [3.63, 3.8) is 0 Å². The molecule has 0 aliphatic carbocycles. The van der Waals surface area contributed by atoms with Crippen molar-refractivity contribution in [2.45, 2.75) is 20.3 Å². The Morgan fingerprint density at radius 3 is 2.89 bits per heavy atom. The van der Waals surface area contributed by atoms with Crippen molar-refractivity contribution in [1.29, 1.82) is 0 Å². The van der Waals surface area contributed by atoms with E-state index in [1.807, 2.05) is 6.92 Å². The summed E-state index contributed by atoms with van der Waals surface area (Å²) in [7, 11) is 0. The van der Waals surface area contributed by atoms with Crippen LogP contribution in [0.25, 0.3) is 0 Å². The second kappa shape index (κ2) is 8.27. The summed E-state index contributed by atoms with van der Waals surface area (Å²) in [5.74, 6) is -0.931. The van der Waals surface area contributed by atoms with Crippen molar-refractivity contribution in [3.8, 4) is 0 Å². The second-order valence-corrected chi connectivity index (χ2v) is 3.70. The third-order valence-corrected chi connectivity index (χ3v) is 2.43. The van der Waals surface area contributed by atoms with Crippen LogP contribution in [-0.2, 0) is 37.5 Å². The summed E-state index contributed by atoms with van der Waals surface area (Å²) in [6.07, 6.45) is 5.87. The van der Waals surface area contributed by atoms with Gasteiger partial charge < -0.3 is 21.5 Å². The summed E-state index contributed by atoms with van der Waals surface area (Å²) < 4.78 is 0. The van der Waals surface area contributed by atoms with E-state index >= 15 is 0 Å². The zero-order chi connectivity index (χ0) is 12.8. The average Bonchev–Trinajstić information content (AvgIpc) is 2.74. The van der Waals surface area contributed by atoms with Crippen LogP contribution >= 0.6 is 0 Å². The molecule has 1 atom stereocenters. The molecule has 1 amide bonds. The molecule has 0 fully saturated rings. The predicted molar refractivity (Wildman–Crippen MR) is 62.8 cm³/mol. The number of amidine groups is 1. The summed E-state index contributed by atoms with van der Waals surface area (Å²) in [4.78, 5) is 25.2. The van der Waals surface area contributed by atoms with Gasteiger partial charge in [0.05, 0.1) is 5.92 Å². The number of nitro groups is 1. The van der Waals surface area contributed by atoms with Crippen LogP contribution < -0.4 is 5.32 Å². The molecule has 1 aliphatic rings. The summed E-state index contributed by atoms with van der Waals surface area (Å²) in [6.45, 7) is 4.02. The number of hydrogen-bond acceptors (Lipinski definition) is 4. The molecule has 95 valence electrons. The molecule has 0 saturated carbocycles. The van der Waals surface area contributed by atoms with Gasteiger partial charge in [-0.3, -0.25) is 4.79 Å². The zero-order valence-corrected chi connectivity index (χ0v) is 13.2. The number of hydrogen-bond donors (Lipinski definition) is 1. The van der Waals surface area contributed by atoms with E-state index < -0.39 is 10.8 Å². The molecule has 0 aromatic heterocycles. The maximum Gasteiger partial charge on any atom is 0.346 e. The van der Waals surface area contributed by atoms with Gasteiger partial charge in [-0.15, -0.1) is 0 Å². The fraction of sp³-hybridized carbons (Fsp3) is 0.455. The van der Waals surface area contributed by atoms with Crippen molar-refractivity contribution in [1.82, 2.24) is 5.32 Å². The Bertz CT molecular complexity index is 416. The molecular formula is C11H14N3O3Y-. The maximum atomic E-state index is 11.5. The largest absolute Gasteiger partial charge is 0.499 e. The van der Waals surface area contributed by atoms with Crippen LogP contribution in [0.5, 0.6) is 0 Å². The van der Waals surface area contributed by atoms with Crippen LogP contribution in [0.1, 0.15) is 20.3 Å². The molecule has 18 heavy (non-hydrogen) atoms. The molecule has 0 aromatic carbocycles. The van der Waals surface area contributed by atoms with Crippen molar-refractivity contribution >= 4 is 11.7 Å². The van der Waals surface area contributed by atoms with Gasteiger partial charge in [-0.2, -0.15) is 6.92 Å². The molecular weight excluding hydrogens is 311 g/mol. The van der Waals surface area contributed by atoms with E-state index in [1.54, 1.807) is 13.0 Å². The summed E-state index contributed by atoms with van der Waals surface area (Å²) in [5.41, 5.74) is 0.920. The number of rotatable bonds is 4. The molecule has 1 N–H and O–H groups in total. The van der Waals surface area contributed by atoms with E-state index in [0.29, 0.717) is 6.54 Å². The van der Waals surface area contributed by atoms with Crippen LogP contribution in [-0.4, -0.2) is 23.2 Å². The Morgan fingerprint density at radius 1 is 1.67 bits per heavy atom. The Kier molecular flexibility index (Phi) is 7.86. The van der Waals surface area contributed by atoms with E-state index in [-0.39, 0.29) is 50.9 Å². The number of amides is 1. The molecule has 1 radical (unpaired) electrons. The number of nitrogens with zero attached hydrogens (tertiary/aromatic N) is 2. The van der Waals surface area contributed by atoms with Gasteiger partial charge in [0.25, 0.3) is 0 Å². The first-order chi connectivity index (χ1) is 8.04. The van der Waals surface area contributed by atoms with Crippen molar-refractivity contribution in [3.05, 3.63) is 34.0 Å². The average molecular weight is 325 g/mol. The molecule has 1 aliphatic heterocycles. The molecule has 6 nitrogen and oxygen atoms in total. The summed E-state index contributed by atoms with van der Waals surface area (Å²) >= 11 is 0. The van der Waals surface area contributed by atoms with Crippen molar-refractivity contribution in [2.24, 2.45) is 10.9 Å². The standard InChI is InChI=1S/C11H14N3O3.Y/c1-3-8(2)7-13-10(15)6-9-4-5-12-11(9)14(16)17;/h4-5,9H,6-7H2,1-2H3,(H,13,15);/q-1;. The third kappa shape index (κ3) is 5.18. The first-order valence-corrected chi connectivity index (χ1v) is 5.20. The normalized spacial score (nSPS) is 18.0. The quantitative estimate of drug-likeness (QED) is 0.477. The molecule has 1 heterocycles. The molecule has 0 aromatic rings. The minimum atomic E-state index is -0.553. The van der Waals surface area contributed by atoms with Crippen molar-refractivity contribution < 1.29 is 42.4 Å². The van der Waals surface area contributed by atoms with Gasteiger partial charge >= 0.3 is 5.84 Å². The third-order valence-electron chi connectivity index (χ3n) is 2.43. The van der Waals surface area contributed by atoms with E-state index in [0.717, 1.165) is 5.57 Å². The number of carbonyl (C=O) groups is 1. The molecule has 1 rings (SSSR count). The number of allylic oxidation sites excluding steroid dienone is 1. The smallest absolute Gasteiger partial charge is 0.346 e. The first-order valence-electron chi connectivity index (χ1n) is 5.20. The zero-order valence-electron chi connectivity index (χ0n) is 10.3. The van der Waals surface area contributed by atoms with Gasteiger partial charge in [-0.05, 0) is 11.0 Å². The van der Waals surface area contributed by atoms with Gasteiger partial charge in [0.2, 0.25) is 5.91 Å². The van der Waals surface area contributed by atoms with E-state index in [9.17, 15) is 14.9 Å². The summed E-state index contributed by atoms with van der Waals surface area (Å²) in [5, 5.41) is 13.3. The van der Waals surface area contributed by atoms with Gasteiger partial charge in [-0.1, -0.05) is 11.9 Å². The molecule has 1 unspecified atom stereocenters. The number of aliphatic imine (C=N–C) groups is 1. The van der Waals surface area contributed by atoms with Gasteiger partial charge in [-0.25, -0.2) is 5.57 Å². The van der Waals surface area contributed by atoms with E-state index in [2.05, 4.69) is 16.4 Å². The Morgan fingerprint density at radius 2 is 2.33 bits per heavy atom. The van der Waals surface area contributed by atoms with Crippen LogP contribution in [0.15, 0.2) is 22.8 Å². The Hall–Kier alpha value is -0.876. The van der Waals surface area contributed by atoms with Crippen LogP contribution in [0.4, 0.5) is 0 Å². The Balaban J connectivity index is 0.00000289. The summed E-state index contributed by atoms with van der Waals surface area (Å²) in [6, 6.07) is 0. The molecule has 0 spiro atoms.